The third kappa shape index (κ3) is 2.53. The monoisotopic (exact) mass is 254 g/mol. The van der Waals surface area contributed by atoms with E-state index >= 15 is 0 Å². The van der Waals surface area contributed by atoms with Gasteiger partial charge in [-0.2, -0.15) is 0 Å². The van der Waals surface area contributed by atoms with E-state index in [0.717, 1.165) is 13.0 Å². The van der Waals surface area contributed by atoms with Gasteiger partial charge in [-0.25, -0.2) is 0 Å². The molecule has 17 heavy (non-hydrogen) atoms. The van der Waals surface area contributed by atoms with Gasteiger partial charge in [-0.1, -0.05) is 11.6 Å². The normalized spacial score (nSPS) is 23.6. The molecule has 1 aromatic rings. The summed E-state index contributed by atoms with van der Waals surface area (Å²) in [5.41, 5.74) is 0.232. The molecule has 0 spiro atoms. The minimum Gasteiger partial charge on any atom is -0.506 e. The first-order valence-corrected chi connectivity index (χ1v) is 5.90. The van der Waals surface area contributed by atoms with Gasteiger partial charge in [0.2, 0.25) is 5.91 Å². The number of nitrogens with one attached hydrogen (secondary N) is 2. The Balaban J connectivity index is 2.10. The van der Waals surface area contributed by atoms with E-state index in [-0.39, 0.29) is 22.1 Å². The Labute approximate surface area is 105 Å². The van der Waals surface area contributed by atoms with Crippen LogP contribution in [0.4, 0.5) is 5.69 Å². The highest BCUT2D eigenvalue weighted by molar-refractivity contribution is 6.32. The molecule has 0 aliphatic carbocycles. The third-order valence-electron chi connectivity index (χ3n) is 3.12. The fourth-order valence-electron chi connectivity index (χ4n) is 1.88. The van der Waals surface area contributed by atoms with E-state index in [0.29, 0.717) is 12.2 Å². The van der Waals surface area contributed by atoms with Crippen LogP contribution in [0.3, 0.4) is 0 Å². The van der Waals surface area contributed by atoms with Gasteiger partial charge in [0.25, 0.3) is 0 Å². The van der Waals surface area contributed by atoms with Crippen LogP contribution < -0.4 is 10.6 Å². The van der Waals surface area contributed by atoms with Crippen molar-refractivity contribution in [3.8, 4) is 5.75 Å². The summed E-state index contributed by atoms with van der Waals surface area (Å²) in [6.07, 6.45) is 0.824. The number of phenolic OH excluding ortho intramolecular Hbond substituents is 1. The topological polar surface area (TPSA) is 61.4 Å². The van der Waals surface area contributed by atoms with Gasteiger partial charge in [0.15, 0.2) is 0 Å². The zero-order chi connectivity index (χ0) is 12.5. The molecule has 92 valence electrons. The number of amides is 1. The largest absolute Gasteiger partial charge is 0.506 e. The fraction of sp³-hybridized carbons (Fsp3) is 0.417. The molecule has 1 amide bonds. The van der Waals surface area contributed by atoms with Gasteiger partial charge in [0.05, 0.1) is 10.4 Å². The SMILES string of the molecule is CC1(C(=O)Nc2ccc(O)c(Cl)c2)CCNC1. The maximum Gasteiger partial charge on any atom is 0.231 e. The number of carbonyl (C=O) groups is 1. The van der Waals surface area contributed by atoms with Crippen LogP contribution in [0.2, 0.25) is 5.02 Å². The molecule has 0 radical (unpaired) electrons. The highest BCUT2D eigenvalue weighted by Gasteiger charge is 2.36. The summed E-state index contributed by atoms with van der Waals surface area (Å²) in [7, 11) is 0. The maximum absolute atomic E-state index is 12.1. The number of hydrogen-bond acceptors (Lipinski definition) is 3. The molecule has 0 bridgehead atoms. The van der Waals surface area contributed by atoms with Gasteiger partial charge >= 0.3 is 0 Å². The Kier molecular flexibility index (Phi) is 3.26. The number of rotatable bonds is 2. The lowest BCUT2D eigenvalue weighted by Gasteiger charge is -2.21. The minimum atomic E-state index is -0.371. The fourth-order valence-corrected chi connectivity index (χ4v) is 2.06. The summed E-state index contributed by atoms with van der Waals surface area (Å²) in [5, 5.41) is 15.5. The number of anilines is 1. The van der Waals surface area contributed by atoms with Crippen molar-refractivity contribution in [1.82, 2.24) is 5.32 Å². The van der Waals surface area contributed by atoms with E-state index in [1.54, 1.807) is 12.1 Å². The van der Waals surface area contributed by atoms with E-state index in [1.165, 1.54) is 6.07 Å². The predicted octanol–water partition coefficient (Wildman–Crippen LogP) is 1.98. The summed E-state index contributed by atoms with van der Waals surface area (Å²) in [5.74, 6) is -0.0114. The van der Waals surface area contributed by atoms with Gasteiger partial charge in [-0.3, -0.25) is 4.79 Å². The third-order valence-corrected chi connectivity index (χ3v) is 3.43. The molecular formula is C12H15ClN2O2. The van der Waals surface area contributed by atoms with Crippen LogP contribution in [0, 0.1) is 5.41 Å². The number of halogens is 1. The molecule has 1 fully saturated rings. The standard InChI is InChI=1S/C12H15ClN2O2/c1-12(4-5-14-7-12)11(17)15-8-2-3-10(16)9(13)6-8/h2-3,6,14,16H,4-5,7H2,1H3,(H,15,17). The van der Waals surface area contributed by atoms with E-state index in [9.17, 15) is 9.90 Å². The Morgan fingerprint density at radius 3 is 2.94 bits per heavy atom. The molecule has 0 aromatic heterocycles. The van der Waals surface area contributed by atoms with Crippen LogP contribution in [0.1, 0.15) is 13.3 Å². The molecule has 1 atom stereocenters. The van der Waals surface area contributed by atoms with E-state index < -0.39 is 0 Å². The predicted molar refractivity (Wildman–Crippen MR) is 67.3 cm³/mol. The van der Waals surface area contributed by atoms with Gasteiger partial charge in [0, 0.05) is 12.2 Å². The smallest absolute Gasteiger partial charge is 0.231 e. The number of carbonyl (C=O) groups excluding carboxylic acids is 1. The Morgan fingerprint density at radius 2 is 2.35 bits per heavy atom. The zero-order valence-electron chi connectivity index (χ0n) is 9.59. The second-order valence-corrected chi connectivity index (χ2v) is 5.01. The quantitative estimate of drug-likeness (QED) is 0.708. The Morgan fingerprint density at radius 1 is 1.59 bits per heavy atom. The maximum atomic E-state index is 12.1. The van der Waals surface area contributed by atoms with Gasteiger partial charge in [-0.05, 0) is 38.1 Å². The molecule has 3 N–H and O–H groups in total. The first-order chi connectivity index (χ1) is 8.01. The first-order valence-electron chi connectivity index (χ1n) is 5.52. The average Bonchev–Trinajstić information content (AvgIpc) is 2.72. The van der Waals surface area contributed by atoms with Crippen molar-refractivity contribution in [1.29, 1.82) is 0 Å². The molecule has 1 aromatic carbocycles. The molecule has 2 rings (SSSR count). The highest BCUT2D eigenvalue weighted by atomic mass is 35.5. The minimum absolute atomic E-state index is 0.0124. The van der Waals surface area contributed by atoms with Crippen molar-refractivity contribution in [3.05, 3.63) is 23.2 Å². The van der Waals surface area contributed by atoms with Crippen molar-refractivity contribution in [2.45, 2.75) is 13.3 Å². The molecule has 4 nitrogen and oxygen atoms in total. The Bertz CT molecular complexity index is 442. The molecule has 0 saturated carbocycles. The van der Waals surface area contributed by atoms with Gasteiger partial charge in [0.1, 0.15) is 5.75 Å². The van der Waals surface area contributed by atoms with Gasteiger partial charge in [-0.15, -0.1) is 0 Å². The summed E-state index contributed by atoms with van der Waals surface area (Å²) in [4.78, 5) is 12.1. The summed E-state index contributed by atoms with van der Waals surface area (Å²) < 4.78 is 0. The van der Waals surface area contributed by atoms with Crippen LogP contribution in [-0.4, -0.2) is 24.1 Å². The lowest BCUT2D eigenvalue weighted by molar-refractivity contribution is -0.123. The second-order valence-electron chi connectivity index (χ2n) is 4.61. The molecule has 1 saturated heterocycles. The average molecular weight is 255 g/mol. The Hall–Kier alpha value is -1.26. The highest BCUT2D eigenvalue weighted by Crippen LogP contribution is 2.29. The van der Waals surface area contributed by atoms with Crippen molar-refractivity contribution in [2.24, 2.45) is 5.41 Å². The van der Waals surface area contributed by atoms with Crippen molar-refractivity contribution < 1.29 is 9.90 Å². The van der Waals surface area contributed by atoms with Crippen molar-refractivity contribution >= 4 is 23.2 Å². The van der Waals surface area contributed by atoms with Crippen LogP contribution in [0.15, 0.2) is 18.2 Å². The lowest BCUT2D eigenvalue weighted by Crippen LogP contribution is -2.35. The second kappa shape index (κ2) is 4.55. The van der Waals surface area contributed by atoms with Crippen LogP contribution >= 0.6 is 11.6 Å². The number of hydrogen-bond donors (Lipinski definition) is 3. The molecule has 1 heterocycles. The van der Waals surface area contributed by atoms with E-state index in [4.69, 9.17) is 11.6 Å². The van der Waals surface area contributed by atoms with Crippen molar-refractivity contribution in [2.75, 3.05) is 18.4 Å². The van der Waals surface area contributed by atoms with Crippen LogP contribution in [0.25, 0.3) is 0 Å². The lowest BCUT2D eigenvalue weighted by atomic mass is 9.89. The molecule has 1 unspecified atom stereocenters. The van der Waals surface area contributed by atoms with Crippen LogP contribution in [0.5, 0.6) is 5.75 Å². The molecule has 1 aliphatic heterocycles. The summed E-state index contributed by atoms with van der Waals surface area (Å²) >= 11 is 5.78. The van der Waals surface area contributed by atoms with Crippen molar-refractivity contribution in [3.63, 3.8) is 0 Å². The number of aromatic hydroxyl groups is 1. The summed E-state index contributed by atoms with van der Waals surface area (Å²) in [6.45, 7) is 3.48. The van der Waals surface area contributed by atoms with Gasteiger partial charge < -0.3 is 15.7 Å². The zero-order valence-corrected chi connectivity index (χ0v) is 10.3. The van der Waals surface area contributed by atoms with E-state index in [1.807, 2.05) is 6.92 Å². The molecular weight excluding hydrogens is 240 g/mol. The van der Waals surface area contributed by atoms with E-state index in [2.05, 4.69) is 10.6 Å². The molecule has 1 aliphatic rings. The first kappa shape index (κ1) is 12.2. The number of benzene rings is 1. The molecule has 5 heteroatoms. The van der Waals surface area contributed by atoms with Crippen LogP contribution in [-0.2, 0) is 4.79 Å². The summed E-state index contributed by atoms with van der Waals surface area (Å²) in [6, 6.07) is 4.64. The number of phenols is 1.